The Morgan fingerprint density at radius 2 is 1.83 bits per heavy atom. The lowest BCUT2D eigenvalue weighted by Gasteiger charge is -2.38. The summed E-state index contributed by atoms with van der Waals surface area (Å²) in [5, 5.41) is 0. The molecule has 0 aromatic rings. The Morgan fingerprint density at radius 3 is 2.25 bits per heavy atom. The van der Waals surface area contributed by atoms with Crippen LogP contribution < -0.4 is 0 Å². The Bertz CT molecular complexity index is 130. The third kappa shape index (κ3) is 2.19. The van der Waals surface area contributed by atoms with Gasteiger partial charge in [0.05, 0.1) is 12.2 Å². The second-order valence-electron chi connectivity index (χ2n) is 3.62. The van der Waals surface area contributed by atoms with Gasteiger partial charge in [0.15, 0.2) is 0 Å². The molecule has 12 heavy (non-hydrogen) atoms. The second kappa shape index (κ2) is 4.21. The summed E-state index contributed by atoms with van der Waals surface area (Å²) in [7, 11) is 5.66. The number of ether oxygens (including phenoxy) is 2. The summed E-state index contributed by atoms with van der Waals surface area (Å²) < 4.78 is 10.7. The summed E-state index contributed by atoms with van der Waals surface area (Å²) in [4.78, 5) is 2.33. The Morgan fingerprint density at radius 1 is 1.25 bits per heavy atom. The van der Waals surface area contributed by atoms with Crippen molar-refractivity contribution in [3.8, 4) is 0 Å². The summed E-state index contributed by atoms with van der Waals surface area (Å²) in [6.45, 7) is 2.94. The van der Waals surface area contributed by atoms with Gasteiger partial charge in [-0.3, -0.25) is 0 Å². The molecule has 3 heteroatoms. The zero-order valence-electron chi connectivity index (χ0n) is 8.30. The molecule has 0 bridgehead atoms. The lowest BCUT2D eigenvalue weighted by atomic mass is 9.92. The van der Waals surface area contributed by atoms with Crippen molar-refractivity contribution < 1.29 is 9.47 Å². The summed E-state index contributed by atoms with van der Waals surface area (Å²) in [5.74, 6) is 0. The van der Waals surface area contributed by atoms with Crippen molar-refractivity contribution in [2.45, 2.75) is 18.4 Å². The molecule has 0 spiro atoms. The molecule has 0 atom stereocenters. The molecule has 0 saturated carbocycles. The molecule has 0 amide bonds. The van der Waals surface area contributed by atoms with Crippen LogP contribution in [-0.2, 0) is 9.47 Å². The van der Waals surface area contributed by atoms with E-state index >= 15 is 0 Å². The van der Waals surface area contributed by atoms with Gasteiger partial charge < -0.3 is 14.4 Å². The summed E-state index contributed by atoms with van der Waals surface area (Å²) in [6.07, 6.45) is 2.15. The number of hydrogen-bond donors (Lipinski definition) is 0. The van der Waals surface area contributed by atoms with Crippen molar-refractivity contribution in [1.82, 2.24) is 4.90 Å². The van der Waals surface area contributed by atoms with Crippen molar-refractivity contribution >= 4 is 0 Å². The standard InChI is InChI=1S/C9H19NO2/c1-10-6-4-9(12-3,5-7-10)8-11-2/h4-8H2,1-3H3. The van der Waals surface area contributed by atoms with Gasteiger partial charge in [0.25, 0.3) is 0 Å². The first-order chi connectivity index (χ1) is 5.72. The third-order valence-electron chi connectivity index (χ3n) is 2.74. The first-order valence-electron chi connectivity index (χ1n) is 4.45. The van der Waals surface area contributed by atoms with Crippen LogP contribution >= 0.6 is 0 Å². The largest absolute Gasteiger partial charge is 0.382 e. The molecule has 0 aliphatic carbocycles. The fourth-order valence-corrected chi connectivity index (χ4v) is 1.70. The Kier molecular flexibility index (Phi) is 3.50. The molecule has 0 unspecified atom stereocenters. The van der Waals surface area contributed by atoms with Crippen molar-refractivity contribution in [1.29, 1.82) is 0 Å². The second-order valence-corrected chi connectivity index (χ2v) is 3.62. The van der Waals surface area contributed by atoms with Gasteiger partial charge in [-0.25, -0.2) is 0 Å². The SMILES string of the molecule is COCC1(OC)CCN(C)CC1. The molecule has 0 N–H and O–H groups in total. The predicted octanol–water partition coefficient (Wildman–Crippen LogP) is 0.744. The number of hydrogen-bond acceptors (Lipinski definition) is 3. The zero-order chi connectivity index (χ0) is 9.03. The maximum absolute atomic E-state index is 5.52. The molecule has 1 aliphatic heterocycles. The normalized spacial score (nSPS) is 24.2. The van der Waals surface area contributed by atoms with Crippen LogP contribution in [-0.4, -0.2) is 51.5 Å². The smallest absolute Gasteiger partial charge is 0.0935 e. The highest BCUT2D eigenvalue weighted by Crippen LogP contribution is 2.25. The van der Waals surface area contributed by atoms with E-state index in [1.807, 2.05) is 0 Å². The maximum atomic E-state index is 5.52. The average molecular weight is 173 g/mol. The van der Waals surface area contributed by atoms with E-state index in [1.165, 1.54) is 0 Å². The molecule has 3 nitrogen and oxygen atoms in total. The predicted molar refractivity (Wildman–Crippen MR) is 48.3 cm³/mol. The lowest BCUT2D eigenvalue weighted by Crippen LogP contribution is -2.47. The van der Waals surface area contributed by atoms with E-state index in [0.29, 0.717) is 0 Å². The monoisotopic (exact) mass is 173 g/mol. The Balaban J connectivity index is 2.45. The van der Waals surface area contributed by atoms with Crippen molar-refractivity contribution in [2.75, 3.05) is 41.0 Å². The molecule has 0 aromatic heterocycles. The van der Waals surface area contributed by atoms with Gasteiger partial charge in [0.2, 0.25) is 0 Å². The van der Waals surface area contributed by atoms with Gasteiger partial charge in [-0.05, 0) is 19.9 Å². The molecule has 0 radical (unpaired) electrons. The molecule has 1 rings (SSSR count). The van der Waals surface area contributed by atoms with Crippen molar-refractivity contribution in [3.05, 3.63) is 0 Å². The van der Waals surface area contributed by atoms with Crippen LogP contribution in [0.2, 0.25) is 0 Å². The topological polar surface area (TPSA) is 21.7 Å². The van der Waals surface area contributed by atoms with E-state index in [4.69, 9.17) is 9.47 Å². The Hall–Kier alpha value is -0.120. The quantitative estimate of drug-likeness (QED) is 0.628. The van der Waals surface area contributed by atoms with Crippen LogP contribution in [0.4, 0.5) is 0 Å². The van der Waals surface area contributed by atoms with Crippen LogP contribution in [0.1, 0.15) is 12.8 Å². The first-order valence-corrected chi connectivity index (χ1v) is 4.45. The molecule has 0 aromatic carbocycles. The minimum atomic E-state index is -0.0126. The fourth-order valence-electron chi connectivity index (χ4n) is 1.70. The molecule has 1 heterocycles. The van der Waals surface area contributed by atoms with Crippen LogP contribution in [0.15, 0.2) is 0 Å². The van der Waals surface area contributed by atoms with Gasteiger partial charge in [-0.15, -0.1) is 0 Å². The van der Waals surface area contributed by atoms with E-state index in [2.05, 4.69) is 11.9 Å². The molecule has 1 fully saturated rings. The first kappa shape index (κ1) is 9.96. The Labute approximate surface area is 74.6 Å². The number of piperidine rings is 1. The molecular weight excluding hydrogens is 154 g/mol. The highest BCUT2D eigenvalue weighted by atomic mass is 16.5. The number of nitrogens with zero attached hydrogens (tertiary/aromatic N) is 1. The fraction of sp³-hybridized carbons (Fsp3) is 1.00. The summed E-state index contributed by atoms with van der Waals surface area (Å²) in [5.41, 5.74) is -0.0126. The molecule has 1 aliphatic rings. The van der Waals surface area contributed by atoms with E-state index in [-0.39, 0.29) is 5.60 Å². The minimum absolute atomic E-state index is 0.0126. The van der Waals surface area contributed by atoms with Crippen LogP contribution in [0.3, 0.4) is 0 Å². The lowest BCUT2D eigenvalue weighted by molar-refractivity contribution is -0.0953. The van der Waals surface area contributed by atoms with E-state index in [1.54, 1.807) is 14.2 Å². The van der Waals surface area contributed by atoms with E-state index in [0.717, 1.165) is 32.5 Å². The highest BCUT2D eigenvalue weighted by molar-refractivity contribution is 4.86. The summed E-state index contributed by atoms with van der Waals surface area (Å²) in [6, 6.07) is 0. The van der Waals surface area contributed by atoms with Gasteiger partial charge in [0.1, 0.15) is 0 Å². The van der Waals surface area contributed by atoms with Gasteiger partial charge in [-0.2, -0.15) is 0 Å². The molecule has 72 valence electrons. The number of rotatable bonds is 3. The van der Waals surface area contributed by atoms with Crippen molar-refractivity contribution in [3.63, 3.8) is 0 Å². The van der Waals surface area contributed by atoms with Gasteiger partial charge in [0, 0.05) is 27.3 Å². The summed E-state index contributed by atoms with van der Waals surface area (Å²) >= 11 is 0. The maximum Gasteiger partial charge on any atom is 0.0935 e. The van der Waals surface area contributed by atoms with Gasteiger partial charge >= 0.3 is 0 Å². The van der Waals surface area contributed by atoms with Crippen LogP contribution in [0, 0.1) is 0 Å². The average Bonchev–Trinajstić information content (AvgIpc) is 2.10. The van der Waals surface area contributed by atoms with Gasteiger partial charge in [-0.1, -0.05) is 0 Å². The third-order valence-corrected chi connectivity index (χ3v) is 2.74. The molecular formula is C9H19NO2. The number of likely N-dealkylation sites (tertiary alicyclic amines) is 1. The zero-order valence-corrected chi connectivity index (χ0v) is 8.30. The highest BCUT2D eigenvalue weighted by Gasteiger charge is 2.33. The van der Waals surface area contributed by atoms with E-state index in [9.17, 15) is 0 Å². The minimum Gasteiger partial charge on any atom is -0.382 e. The number of methoxy groups -OCH3 is 2. The van der Waals surface area contributed by atoms with Crippen LogP contribution in [0.5, 0.6) is 0 Å². The van der Waals surface area contributed by atoms with Crippen molar-refractivity contribution in [2.24, 2.45) is 0 Å². The van der Waals surface area contributed by atoms with Crippen LogP contribution in [0.25, 0.3) is 0 Å². The molecule has 1 saturated heterocycles. The van der Waals surface area contributed by atoms with E-state index < -0.39 is 0 Å².